The van der Waals surface area contributed by atoms with E-state index in [1.165, 1.54) is 0 Å². The van der Waals surface area contributed by atoms with Crippen molar-refractivity contribution in [3.05, 3.63) is 59.1 Å². The SMILES string of the molecule is CC(C)(C)CCc1ccc(-c2ccc(-c3nc4nc(SCC(=O)O)[nH]c4cc3Cl)cc2)c(O)c1. The Bertz CT molecular complexity index is 1340. The molecule has 2 heterocycles. The van der Waals surface area contributed by atoms with Gasteiger partial charge in [-0.2, -0.15) is 0 Å². The number of imidazole rings is 1. The van der Waals surface area contributed by atoms with Crippen LogP contribution in [0.15, 0.2) is 53.7 Å². The number of pyridine rings is 1. The molecule has 0 saturated carbocycles. The third kappa shape index (κ3) is 5.72. The van der Waals surface area contributed by atoms with Gasteiger partial charge in [-0.3, -0.25) is 4.79 Å². The average molecular weight is 496 g/mol. The summed E-state index contributed by atoms with van der Waals surface area (Å²) in [7, 11) is 0. The number of hydrogen-bond acceptors (Lipinski definition) is 5. The predicted octanol–water partition coefficient (Wildman–Crippen LogP) is 6.81. The highest BCUT2D eigenvalue weighted by Crippen LogP contribution is 2.34. The molecule has 0 saturated heterocycles. The van der Waals surface area contributed by atoms with Crippen LogP contribution in [0.5, 0.6) is 5.75 Å². The number of halogens is 1. The lowest BCUT2D eigenvalue weighted by atomic mass is 9.88. The Hall–Kier alpha value is -3.03. The number of thioether (sulfide) groups is 1. The van der Waals surface area contributed by atoms with E-state index in [0.29, 0.717) is 27.0 Å². The fourth-order valence-electron chi connectivity index (χ4n) is 3.60. The number of aliphatic carboxylic acids is 1. The Kier molecular flexibility index (Phi) is 6.86. The summed E-state index contributed by atoms with van der Waals surface area (Å²) in [6.07, 6.45) is 1.97. The maximum absolute atomic E-state index is 10.8. The number of rotatable bonds is 7. The molecule has 0 aliphatic rings. The number of aromatic amines is 1. The van der Waals surface area contributed by atoms with Gasteiger partial charge in [0, 0.05) is 11.1 Å². The first-order valence-electron chi connectivity index (χ1n) is 10.9. The molecule has 0 radical (unpaired) electrons. The zero-order chi connectivity index (χ0) is 24.5. The van der Waals surface area contributed by atoms with Crippen molar-refractivity contribution in [1.29, 1.82) is 0 Å². The van der Waals surface area contributed by atoms with Crippen molar-refractivity contribution in [1.82, 2.24) is 15.0 Å². The molecule has 0 bridgehead atoms. The fourth-order valence-corrected chi connectivity index (χ4v) is 4.45. The largest absolute Gasteiger partial charge is 0.507 e. The minimum Gasteiger partial charge on any atom is -0.507 e. The average Bonchev–Trinajstić information content (AvgIpc) is 3.17. The van der Waals surface area contributed by atoms with E-state index in [2.05, 4.69) is 41.8 Å². The second-order valence-corrected chi connectivity index (χ2v) is 10.8. The number of nitrogens with zero attached hydrogens (tertiary/aromatic N) is 2. The van der Waals surface area contributed by atoms with Gasteiger partial charge in [-0.05, 0) is 41.5 Å². The molecular weight excluding hydrogens is 470 g/mol. The molecule has 8 heteroatoms. The molecule has 34 heavy (non-hydrogen) atoms. The van der Waals surface area contributed by atoms with Crippen LogP contribution >= 0.6 is 23.4 Å². The van der Waals surface area contributed by atoms with Gasteiger partial charge in [-0.1, -0.05) is 80.5 Å². The van der Waals surface area contributed by atoms with Gasteiger partial charge in [-0.15, -0.1) is 0 Å². The first kappa shape index (κ1) is 24.1. The highest BCUT2D eigenvalue weighted by atomic mass is 35.5. The first-order chi connectivity index (χ1) is 16.1. The Morgan fingerprint density at radius 2 is 1.76 bits per heavy atom. The monoisotopic (exact) mass is 495 g/mol. The van der Waals surface area contributed by atoms with Gasteiger partial charge in [-0.25, -0.2) is 9.97 Å². The maximum Gasteiger partial charge on any atom is 0.313 e. The lowest BCUT2D eigenvalue weighted by molar-refractivity contribution is -0.133. The molecule has 0 spiro atoms. The second-order valence-electron chi connectivity index (χ2n) is 9.40. The summed E-state index contributed by atoms with van der Waals surface area (Å²) in [5, 5.41) is 20.4. The maximum atomic E-state index is 10.8. The molecule has 4 aromatic rings. The lowest BCUT2D eigenvalue weighted by Gasteiger charge is -2.18. The van der Waals surface area contributed by atoms with Gasteiger partial charge in [0.25, 0.3) is 0 Å². The van der Waals surface area contributed by atoms with Crippen LogP contribution in [0.3, 0.4) is 0 Å². The summed E-state index contributed by atoms with van der Waals surface area (Å²) >= 11 is 7.58. The first-order valence-corrected chi connectivity index (χ1v) is 12.3. The predicted molar refractivity (Wildman–Crippen MR) is 138 cm³/mol. The standard InChI is InChI=1S/C26H26ClN3O3S/c1-26(2,3)11-10-15-4-9-18(21(31)12-15)16-5-7-17(8-6-16)23-19(27)13-20-24(29-23)30-25(28-20)34-14-22(32)33/h4-9,12-13,31H,10-11,14H2,1-3H3,(H,32,33)(H,28,29,30). The van der Waals surface area contributed by atoms with Crippen LogP contribution in [0.2, 0.25) is 5.02 Å². The number of carbonyl (C=O) groups is 1. The third-order valence-corrected chi connectivity index (χ3v) is 6.58. The number of aryl methyl sites for hydroxylation is 1. The third-order valence-electron chi connectivity index (χ3n) is 5.43. The number of aromatic nitrogens is 3. The van der Waals surface area contributed by atoms with Crippen molar-refractivity contribution >= 4 is 40.5 Å². The van der Waals surface area contributed by atoms with E-state index in [4.69, 9.17) is 16.7 Å². The van der Waals surface area contributed by atoms with Crippen molar-refractivity contribution in [2.75, 3.05) is 5.75 Å². The van der Waals surface area contributed by atoms with E-state index in [9.17, 15) is 9.90 Å². The minimum atomic E-state index is -0.914. The van der Waals surface area contributed by atoms with Crippen molar-refractivity contribution in [2.24, 2.45) is 5.41 Å². The van der Waals surface area contributed by atoms with Crippen molar-refractivity contribution in [2.45, 2.75) is 38.8 Å². The van der Waals surface area contributed by atoms with Gasteiger partial charge in [0.1, 0.15) is 5.75 Å². The van der Waals surface area contributed by atoms with E-state index in [0.717, 1.165) is 46.9 Å². The van der Waals surface area contributed by atoms with Gasteiger partial charge in [0.05, 0.1) is 22.0 Å². The number of hydrogen-bond donors (Lipinski definition) is 3. The molecule has 6 nitrogen and oxygen atoms in total. The normalized spacial score (nSPS) is 11.8. The van der Waals surface area contributed by atoms with E-state index in [-0.39, 0.29) is 16.9 Å². The van der Waals surface area contributed by atoms with Crippen LogP contribution in [-0.2, 0) is 11.2 Å². The molecule has 2 aromatic heterocycles. The summed E-state index contributed by atoms with van der Waals surface area (Å²) in [6, 6.07) is 15.3. The zero-order valence-corrected chi connectivity index (χ0v) is 20.8. The Labute approximate surface area is 207 Å². The number of fused-ring (bicyclic) bond motifs is 1. The number of benzene rings is 2. The number of phenols is 1. The smallest absolute Gasteiger partial charge is 0.313 e. The van der Waals surface area contributed by atoms with Crippen molar-refractivity contribution in [3.8, 4) is 28.1 Å². The zero-order valence-electron chi connectivity index (χ0n) is 19.2. The lowest BCUT2D eigenvalue weighted by Crippen LogP contribution is -2.06. The summed E-state index contributed by atoms with van der Waals surface area (Å²) in [4.78, 5) is 22.8. The molecule has 0 unspecified atom stereocenters. The molecule has 0 fully saturated rings. The summed E-state index contributed by atoms with van der Waals surface area (Å²) in [6.45, 7) is 6.64. The number of nitrogens with one attached hydrogen (secondary N) is 1. The molecule has 4 rings (SSSR count). The minimum absolute atomic E-state index is 0.0910. The number of carboxylic acids is 1. The van der Waals surface area contributed by atoms with E-state index < -0.39 is 5.97 Å². The highest BCUT2D eigenvalue weighted by Gasteiger charge is 2.14. The molecule has 0 aliphatic heterocycles. The number of phenolic OH excluding ortho intramolecular Hbond substituents is 1. The van der Waals surface area contributed by atoms with Crippen LogP contribution in [0.4, 0.5) is 0 Å². The van der Waals surface area contributed by atoms with E-state index in [1.54, 1.807) is 6.07 Å². The molecule has 2 aromatic carbocycles. The molecule has 0 aliphatic carbocycles. The number of H-pyrrole nitrogens is 1. The van der Waals surface area contributed by atoms with Crippen LogP contribution in [0, 0.1) is 5.41 Å². The summed E-state index contributed by atoms with van der Waals surface area (Å²) in [5.41, 5.74) is 5.56. The van der Waals surface area contributed by atoms with Crippen LogP contribution < -0.4 is 0 Å². The van der Waals surface area contributed by atoms with Crippen LogP contribution in [0.25, 0.3) is 33.5 Å². The number of carboxylic acid groups (broad SMARTS) is 1. The Balaban J connectivity index is 1.56. The van der Waals surface area contributed by atoms with Crippen LogP contribution in [0.1, 0.15) is 32.8 Å². The summed E-state index contributed by atoms with van der Waals surface area (Å²) < 4.78 is 0. The molecule has 0 atom stereocenters. The topological polar surface area (TPSA) is 99.1 Å². The molecule has 3 N–H and O–H groups in total. The van der Waals surface area contributed by atoms with E-state index >= 15 is 0 Å². The van der Waals surface area contributed by atoms with Crippen molar-refractivity contribution in [3.63, 3.8) is 0 Å². The molecule has 0 amide bonds. The second kappa shape index (κ2) is 9.68. The molecule has 176 valence electrons. The van der Waals surface area contributed by atoms with Crippen LogP contribution in [-0.4, -0.2) is 36.9 Å². The van der Waals surface area contributed by atoms with E-state index in [1.807, 2.05) is 36.4 Å². The van der Waals surface area contributed by atoms with Gasteiger partial charge >= 0.3 is 5.97 Å². The van der Waals surface area contributed by atoms with Crippen molar-refractivity contribution < 1.29 is 15.0 Å². The van der Waals surface area contributed by atoms with Gasteiger partial charge in [0.15, 0.2) is 10.8 Å². The Morgan fingerprint density at radius 3 is 2.41 bits per heavy atom. The molecular formula is C26H26ClN3O3S. The Morgan fingerprint density at radius 1 is 1.06 bits per heavy atom. The fraction of sp³-hybridized carbons (Fsp3) is 0.269. The van der Waals surface area contributed by atoms with Gasteiger partial charge in [0.2, 0.25) is 0 Å². The number of aromatic hydroxyl groups is 1. The van der Waals surface area contributed by atoms with Gasteiger partial charge < -0.3 is 15.2 Å². The quantitative estimate of drug-likeness (QED) is 0.244. The highest BCUT2D eigenvalue weighted by molar-refractivity contribution is 7.99. The summed E-state index contributed by atoms with van der Waals surface area (Å²) in [5.74, 6) is -0.741.